The van der Waals surface area contributed by atoms with Crippen LogP contribution in [0.3, 0.4) is 0 Å². The highest BCUT2D eigenvalue weighted by atomic mass is 16.1. The van der Waals surface area contributed by atoms with Crippen molar-refractivity contribution in [3.63, 3.8) is 0 Å². The Hall–Kier alpha value is -1.66. The summed E-state index contributed by atoms with van der Waals surface area (Å²) in [5, 5.41) is 3.06. The molecule has 0 saturated heterocycles. The Morgan fingerprint density at radius 2 is 2.05 bits per heavy atom. The van der Waals surface area contributed by atoms with Gasteiger partial charge in [0.1, 0.15) is 5.82 Å². The summed E-state index contributed by atoms with van der Waals surface area (Å²) >= 11 is 0. The van der Waals surface area contributed by atoms with E-state index >= 15 is 0 Å². The molecule has 1 amide bonds. The van der Waals surface area contributed by atoms with E-state index in [-0.39, 0.29) is 11.4 Å². The molecular formula is C15H25N5O. The molecule has 1 aliphatic rings. The lowest BCUT2D eigenvalue weighted by Gasteiger charge is -2.36. The Kier molecular flexibility index (Phi) is 4.80. The smallest absolute Gasteiger partial charge is 0.251 e. The molecule has 0 radical (unpaired) electrons. The van der Waals surface area contributed by atoms with Gasteiger partial charge in [0.2, 0.25) is 0 Å². The number of nitrogens with one attached hydrogen (secondary N) is 2. The third-order valence-electron chi connectivity index (χ3n) is 4.42. The van der Waals surface area contributed by atoms with Gasteiger partial charge >= 0.3 is 0 Å². The van der Waals surface area contributed by atoms with Crippen LogP contribution in [-0.2, 0) is 0 Å². The molecule has 1 aliphatic carbocycles. The van der Waals surface area contributed by atoms with Crippen LogP contribution in [0.15, 0.2) is 12.1 Å². The molecule has 0 bridgehead atoms. The molecule has 6 heteroatoms. The zero-order valence-electron chi connectivity index (χ0n) is 13.1. The average molecular weight is 291 g/mol. The van der Waals surface area contributed by atoms with Crippen LogP contribution in [-0.4, -0.2) is 42.0 Å². The summed E-state index contributed by atoms with van der Waals surface area (Å²) in [6, 6.07) is 3.44. The first-order valence-electron chi connectivity index (χ1n) is 7.38. The second kappa shape index (κ2) is 6.41. The maximum atomic E-state index is 12.4. The first-order valence-corrected chi connectivity index (χ1v) is 7.38. The number of pyridine rings is 1. The number of rotatable bonds is 5. The van der Waals surface area contributed by atoms with Crippen molar-refractivity contribution in [3.8, 4) is 0 Å². The van der Waals surface area contributed by atoms with Crippen LogP contribution in [0.1, 0.15) is 41.7 Å². The molecular weight excluding hydrogens is 266 g/mol. The molecule has 0 unspecified atom stereocenters. The summed E-state index contributed by atoms with van der Waals surface area (Å²) in [7, 11) is 4.18. The number of amides is 1. The minimum Gasteiger partial charge on any atom is -0.350 e. The third-order valence-corrected chi connectivity index (χ3v) is 4.42. The molecule has 1 aromatic rings. The summed E-state index contributed by atoms with van der Waals surface area (Å²) in [6.07, 6.45) is 4.71. The van der Waals surface area contributed by atoms with Gasteiger partial charge < -0.3 is 15.6 Å². The van der Waals surface area contributed by atoms with Gasteiger partial charge in [0.05, 0.1) is 0 Å². The van der Waals surface area contributed by atoms with Crippen LogP contribution in [0, 0.1) is 6.92 Å². The molecule has 1 saturated carbocycles. The van der Waals surface area contributed by atoms with Crippen LogP contribution in [0.5, 0.6) is 0 Å². The first kappa shape index (κ1) is 15.7. The number of hydrazine groups is 1. The van der Waals surface area contributed by atoms with Crippen molar-refractivity contribution in [2.75, 3.05) is 26.1 Å². The van der Waals surface area contributed by atoms with Gasteiger partial charge in [-0.3, -0.25) is 4.79 Å². The lowest BCUT2D eigenvalue weighted by Crippen LogP contribution is -2.50. The molecule has 6 nitrogen and oxygen atoms in total. The van der Waals surface area contributed by atoms with E-state index in [4.69, 9.17) is 5.84 Å². The number of nitrogen functional groups attached to an aromatic ring is 1. The summed E-state index contributed by atoms with van der Waals surface area (Å²) in [4.78, 5) is 18.8. The molecule has 1 fully saturated rings. The third kappa shape index (κ3) is 3.51. The van der Waals surface area contributed by atoms with E-state index < -0.39 is 0 Å². The Bertz CT molecular complexity index is 509. The number of aromatic nitrogens is 1. The van der Waals surface area contributed by atoms with Crippen molar-refractivity contribution in [3.05, 3.63) is 23.4 Å². The van der Waals surface area contributed by atoms with Crippen LogP contribution < -0.4 is 16.6 Å². The van der Waals surface area contributed by atoms with Gasteiger partial charge in [0, 0.05) is 23.3 Å². The predicted molar refractivity (Wildman–Crippen MR) is 84.0 cm³/mol. The summed E-state index contributed by atoms with van der Waals surface area (Å²) in [5.41, 5.74) is 3.92. The Labute approximate surface area is 126 Å². The SMILES string of the molecule is Cc1cc(C(=O)NCC2(N(C)C)CCCC2)cc(NN)n1. The Balaban J connectivity index is 2.06. The molecule has 0 spiro atoms. The predicted octanol–water partition coefficient (Wildman–Crippen LogP) is 1.28. The number of hydrogen-bond donors (Lipinski definition) is 3. The lowest BCUT2D eigenvalue weighted by molar-refractivity contribution is 0.0900. The van der Waals surface area contributed by atoms with Gasteiger partial charge in [0.15, 0.2) is 0 Å². The molecule has 2 rings (SSSR count). The fraction of sp³-hybridized carbons (Fsp3) is 0.600. The molecule has 116 valence electrons. The lowest BCUT2D eigenvalue weighted by atomic mass is 9.96. The maximum absolute atomic E-state index is 12.4. The monoisotopic (exact) mass is 291 g/mol. The quantitative estimate of drug-likeness (QED) is 0.562. The summed E-state index contributed by atoms with van der Waals surface area (Å²) in [6.45, 7) is 2.52. The van der Waals surface area contributed by atoms with Gasteiger partial charge in [-0.25, -0.2) is 10.8 Å². The van der Waals surface area contributed by atoms with Crippen molar-refractivity contribution < 1.29 is 4.79 Å². The van der Waals surface area contributed by atoms with Gasteiger partial charge in [-0.15, -0.1) is 0 Å². The number of likely N-dealkylation sites (N-methyl/N-ethyl adjacent to an activating group) is 1. The minimum atomic E-state index is -0.0786. The number of carbonyl (C=O) groups excluding carboxylic acids is 1. The number of nitrogens with two attached hydrogens (primary N) is 1. The highest BCUT2D eigenvalue weighted by Gasteiger charge is 2.36. The number of nitrogens with zero attached hydrogens (tertiary/aromatic N) is 2. The number of anilines is 1. The molecule has 21 heavy (non-hydrogen) atoms. The Morgan fingerprint density at radius 3 is 2.62 bits per heavy atom. The topological polar surface area (TPSA) is 83.3 Å². The second-order valence-electron chi connectivity index (χ2n) is 6.04. The highest BCUT2D eigenvalue weighted by molar-refractivity contribution is 5.95. The maximum Gasteiger partial charge on any atom is 0.251 e. The van der Waals surface area contributed by atoms with Crippen LogP contribution in [0.2, 0.25) is 0 Å². The van der Waals surface area contributed by atoms with E-state index in [9.17, 15) is 4.79 Å². The molecule has 0 aliphatic heterocycles. The normalized spacial score (nSPS) is 17.0. The van der Waals surface area contributed by atoms with Crippen molar-refractivity contribution in [2.24, 2.45) is 5.84 Å². The largest absolute Gasteiger partial charge is 0.350 e. The zero-order valence-corrected chi connectivity index (χ0v) is 13.1. The van der Waals surface area contributed by atoms with E-state index in [1.54, 1.807) is 12.1 Å². The van der Waals surface area contributed by atoms with E-state index in [1.807, 2.05) is 6.92 Å². The van der Waals surface area contributed by atoms with E-state index in [0.29, 0.717) is 17.9 Å². The van der Waals surface area contributed by atoms with Crippen LogP contribution in [0.25, 0.3) is 0 Å². The van der Waals surface area contributed by atoms with Gasteiger partial charge in [-0.1, -0.05) is 12.8 Å². The second-order valence-corrected chi connectivity index (χ2v) is 6.04. The summed E-state index contributed by atoms with van der Waals surface area (Å²) in [5.74, 6) is 5.80. The minimum absolute atomic E-state index is 0.0786. The first-order chi connectivity index (χ1) is 9.97. The van der Waals surface area contributed by atoms with Crippen molar-refractivity contribution >= 4 is 11.7 Å². The number of carbonyl (C=O) groups is 1. The zero-order chi connectivity index (χ0) is 15.5. The van der Waals surface area contributed by atoms with Crippen molar-refractivity contribution in [2.45, 2.75) is 38.1 Å². The molecule has 1 aromatic heterocycles. The van der Waals surface area contributed by atoms with Crippen molar-refractivity contribution in [1.82, 2.24) is 15.2 Å². The standard InChI is InChI=1S/C15H25N5O/c1-11-8-12(9-13(18-11)19-16)14(21)17-10-15(20(2)3)6-4-5-7-15/h8-9H,4-7,10,16H2,1-3H3,(H,17,21)(H,18,19). The van der Waals surface area contributed by atoms with E-state index in [2.05, 4.69) is 34.7 Å². The van der Waals surface area contributed by atoms with Gasteiger partial charge in [-0.05, 0) is 46.0 Å². The number of hydrogen-bond acceptors (Lipinski definition) is 5. The highest BCUT2D eigenvalue weighted by Crippen LogP contribution is 2.33. The number of aryl methyl sites for hydroxylation is 1. The molecule has 1 heterocycles. The summed E-state index contributed by atoms with van der Waals surface area (Å²) < 4.78 is 0. The Morgan fingerprint density at radius 1 is 1.38 bits per heavy atom. The van der Waals surface area contributed by atoms with Crippen LogP contribution >= 0.6 is 0 Å². The van der Waals surface area contributed by atoms with Crippen molar-refractivity contribution in [1.29, 1.82) is 0 Å². The van der Waals surface area contributed by atoms with Gasteiger partial charge in [0.25, 0.3) is 5.91 Å². The van der Waals surface area contributed by atoms with Crippen LogP contribution in [0.4, 0.5) is 5.82 Å². The van der Waals surface area contributed by atoms with E-state index in [0.717, 1.165) is 18.5 Å². The fourth-order valence-electron chi connectivity index (χ4n) is 3.04. The fourth-order valence-corrected chi connectivity index (χ4v) is 3.04. The van der Waals surface area contributed by atoms with E-state index in [1.165, 1.54) is 12.8 Å². The molecule has 0 atom stereocenters. The molecule has 4 N–H and O–H groups in total. The average Bonchev–Trinajstić information content (AvgIpc) is 2.94. The molecule has 0 aromatic carbocycles. The van der Waals surface area contributed by atoms with Gasteiger partial charge in [-0.2, -0.15) is 0 Å².